The molecule has 0 aliphatic carbocycles. The minimum Gasteiger partial charge on any atom is -0.384 e. The first kappa shape index (κ1) is 13.4. The van der Waals surface area contributed by atoms with E-state index in [1.54, 1.807) is 0 Å². The van der Waals surface area contributed by atoms with E-state index >= 15 is 0 Å². The summed E-state index contributed by atoms with van der Waals surface area (Å²) in [6, 6.07) is 10.5. The van der Waals surface area contributed by atoms with Crippen molar-refractivity contribution < 1.29 is 0 Å². The van der Waals surface area contributed by atoms with Gasteiger partial charge in [0.25, 0.3) is 0 Å². The molecule has 3 saturated heterocycles. The average Bonchev–Trinajstić information content (AvgIpc) is 2.53. The molecule has 1 atom stereocenters. The van der Waals surface area contributed by atoms with Gasteiger partial charge in [-0.05, 0) is 50.0 Å². The van der Waals surface area contributed by atoms with Crippen LogP contribution < -0.4 is 10.6 Å². The van der Waals surface area contributed by atoms with Crippen LogP contribution in [0.15, 0.2) is 24.3 Å². The molecule has 2 bridgehead atoms. The monoisotopic (exact) mass is 270 g/mol. The van der Waals surface area contributed by atoms with Gasteiger partial charge in [-0.3, -0.25) is 0 Å². The minimum absolute atomic E-state index is 0.671. The molecule has 20 heavy (non-hydrogen) atoms. The lowest BCUT2D eigenvalue weighted by molar-refractivity contribution is 0.0735. The maximum Gasteiger partial charge on any atom is 0.0992 e. The van der Waals surface area contributed by atoms with Crippen LogP contribution in [0.2, 0.25) is 0 Å². The second-order valence-electron chi connectivity index (χ2n) is 5.82. The molecule has 3 aliphatic heterocycles. The first-order chi connectivity index (χ1) is 9.85. The largest absolute Gasteiger partial charge is 0.384 e. The summed E-state index contributed by atoms with van der Waals surface area (Å²) in [5.74, 6) is 0.877. The molecular weight excluding hydrogens is 248 g/mol. The van der Waals surface area contributed by atoms with E-state index in [0.717, 1.165) is 24.7 Å². The molecule has 0 aromatic heterocycles. The van der Waals surface area contributed by atoms with Crippen molar-refractivity contribution in [3.05, 3.63) is 29.8 Å². The van der Waals surface area contributed by atoms with Gasteiger partial charge in [-0.15, -0.1) is 0 Å². The van der Waals surface area contributed by atoms with Crippen molar-refractivity contribution in [1.29, 1.82) is 5.26 Å². The molecule has 0 amide bonds. The second kappa shape index (κ2) is 6.25. The van der Waals surface area contributed by atoms with Crippen LogP contribution in [0, 0.1) is 17.2 Å². The van der Waals surface area contributed by atoms with Gasteiger partial charge in [-0.25, -0.2) is 0 Å². The number of nitrogens with zero attached hydrogens (tertiary/aromatic N) is 2. The molecule has 0 saturated carbocycles. The number of nitrogens with one attached hydrogen (secondary N) is 2. The molecule has 1 aromatic carbocycles. The number of piperidine rings is 3. The van der Waals surface area contributed by atoms with Crippen LogP contribution in [-0.4, -0.2) is 43.7 Å². The highest BCUT2D eigenvalue weighted by atomic mass is 15.2. The lowest BCUT2D eigenvalue weighted by Gasteiger charge is -2.45. The molecule has 3 aliphatic rings. The number of nitriles is 1. The highest BCUT2D eigenvalue weighted by molar-refractivity contribution is 5.49. The van der Waals surface area contributed by atoms with Gasteiger partial charge >= 0.3 is 0 Å². The van der Waals surface area contributed by atoms with Crippen LogP contribution in [0.25, 0.3) is 0 Å². The Kier molecular flexibility index (Phi) is 4.19. The van der Waals surface area contributed by atoms with Gasteiger partial charge in [0, 0.05) is 31.4 Å². The van der Waals surface area contributed by atoms with Crippen molar-refractivity contribution in [1.82, 2.24) is 10.2 Å². The fourth-order valence-corrected chi connectivity index (χ4v) is 3.36. The summed E-state index contributed by atoms with van der Waals surface area (Å²) in [5, 5.41) is 15.9. The SMILES string of the molecule is N#Cc1cccc(NCCN[C@H]2CN3CCC2CC3)c1. The second-order valence-corrected chi connectivity index (χ2v) is 5.82. The van der Waals surface area contributed by atoms with Gasteiger partial charge in [0.15, 0.2) is 0 Å². The Bertz CT molecular complexity index is 485. The van der Waals surface area contributed by atoms with Crippen LogP contribution >= 0.6 is 0 Å². The summed E-state index contributed by atoms with van der Waals surface area (Å²) < 4.78 is 0. The van der Waals surface area contributed by atoms with Crippen LogP contribution in [-0.2, 0) is 0 Å². The van der Waals surface area contributed by atoms with E-state index in [2.05, 4.69) is 21.6 Å². The van der Waals surface area contributed by atoms with E-state index in [1.807, 2.05) is 24.3 Å². The van der Waals surface area contributed by atoms with Crippen molar-refractivity contribution in [2.45, 2.75) is 18.9 Å². The Hall–Kier alpha value is -1.57. The number of hydrogen-bond acceptors (Lipinski definition) is 4. The molecule has 4 rings (SSSR count). The predicted molar refractivity (Wildman–Crippen MR) is 80.6 cm³/mol. The third-order valence-corrected chi connectivity index (χ3v) is 4.51. The fraction of sp³-hybridized carbons (Fsp3) is 0.562. The van der Waals surface area contributed by atoms with E-state index in [-0.39, 0.29) is 0 Å². The van der Waals surface area contributed by atoms with E-state index < -0.39 is 0 Å². The van der Waals surface area contributed by atoms with E-state index in [1.165, 1.54) is 32.5 Å². The van der Waals surface area contributed by atoms with Gasteiger partial charge in [0.2, 0.25) is 0 Å². The Morgan fingerprint density at radius 3 is 2.80 bits per heavy atom. The zero-order chi connectivity index (χ0) is 13.8. The van der Waals surface area contributed by atoms with E-state index in [4.69, 9.17) is 5.26 Å². The standard InChI is InChI=1S/C16H22N4/c17-11-13-2-1-3-15(10-13)18-6-7-19-16-12-20-8-4-14(16)5-9-20/h1-3,10,14,16,18-19H,4-9,12H2/t16-/m0/s1. The molecule has 0 spiro atoms. The summed E-state index contributed by atoms with van der Waals surface area (Å²) in [4.78, 5) is 2.57. The number of fused-ring (bicyclic) bond motifs is 3. The molecule has 3 heterocycles. The van der Waals surface area contributed by atoms with Crippen LogP contribution in [0.1, 0.15) is 18.4 Å². The topological polar surface area (TPSA) is 51.1 Å². The van der Waals surface area contributed by atoms with Gasteiger partial charge in [-0.1, -0.05) is 6.07 Å². The summed E-state index contributed by atoms with van der Waals surface area (Å²) in [7, 11) is 0. The van der Waals surface area contributed by atoms with Gasteiger partial charge in [0.1, 0.15) is 0 Å². The Morgan fingerprint density at radius 1 is 1.25 bits per heavy atom. The first-order valence-corrected chi connectivity index (χ1v) is 7.55. The maximum absolute atomic E-state index is 8.87. The normalized spacial score (nSPS) is 28.1. The molecule has 4 heteroatoms. The third-order valence-electron chi connectivity index (χ3n) is 4.51. The zero-order valence-corrected chi connectivity index (χ0v) is 11.8. The van der Waals surface area contributed by atoms with Crippen molar-refractivity contribution in [2.75, 3.05) is 38.0 Å². The lowest BCUT2D eigenvalue weighted by Crippen LogP contribution is -2.56. The molecule has 2 N–H and O–H groups in total. The van der Waals surface area contributed by atoms with Gasteiger partial charge in [0.05, 0.1) is 11.6 Å². The van der Waals surface area contributed by atoms with Crippen LogP contribution in [0.5, 0.6) is 0 Å². The molecule has 0 unspecified atom stereocenters. The Morgan fingerprint density at radius 2 is 2.10 bits per heavy atom. The summed E-state index contributed by atoms with van der Waals surface area (Å²) >= 11 is 0. The van der Waals surface area contributed by atoms with E-state index in [9.17, 15) is 0 Å². The molecule has 106 valence electrons. The average molecular weight is 270 g/mol. The predicted octanol–water partition coefficient (Wildman–Crippen LogP) is 1.65. The van der Waals surface area contributed by atoms with Gasteiger partial charge < -0.3 is 15.5 Å². The minimum atomic E-state index is 0.671. The summed E-state index contributed by atoms with van der Waals surface area (Å²) in [6.07, 6.45) is 2.71. The van der Waals surface area contributed by atoms with Crippen LogP contribution in [0.3, 0.4) is 0 Å². The highest BCUT2D eigenvalue weighted by Crippen LogP contribution is 2.27. The van der Waals surface area contributed by atoms with Crippen molar-refractivity contribution in [3.63, 3.8) is 0 Å². The quantitative estimate of drug-likeness (QED) is 0.799. The maximum atomic E-state index is 8.87. The van der Waals surface area contributed by atoms with Gasteiger partial charge in [-0.2, -0.15) is 5.26 Å². The molecule has 3 fully saturated rings. The molecular formula is C16H22N4. The van der Waals surface area contributed by atoms with Crippen molar-refractivity contribution in [3.8, 4) is 6.07 Å². The Labute approximate surface area is 120 Å². The lowest BCUT2D eigenvalue weighted by atomic mass is 9.84. The Balaban J connectivity index is 1.41. The van der Waals surface area contributed by atoms with Crippen molar-refractivity contribution in [2.24, 2.45) is 5.92 Å². The zero-order valence-electron chi connectivity index (χ0n) is 11.8. The molecule has 4 nitrogen and oxygen atoms in total. The summed E-state index contributed by atoms with van der Waals surface area (Å²) in [6.45, 7) is 5.68. The first-order valence-electron chi connectivity index (χ1n) is 7.55. The third kappa shape index (κ3) is 3.12. The van der Waals surface area contributed by atoms with E-state index in [0.29, 0.717) is 11.6 Å². The fourth-order valence-electron chi connectivity index (χ4n) is 3.36. The van der Waals surface area contributed by atoms with Crippen molar-refractivity contribution >= 4 is 5.69 Å². The molecule has 1 aromatic rings. The number of rotatable bonds is 5. The summed E-state index contributed by atoms with van der Waals surface area (Å²) in [5.41, 5.74) is 1.74. The van der Waals surface area contributed by atoms with Crippen LogP contribution in [0.4, 0.5) is 5.69 Å². The highest BCUT2D eigenvalue weighted by Gasteiger charge is 2.33. The number of benzene rings is 1. The smallest absolute Gasteiger partial charge is 0.0992 e. The number of anilines is 1. The molecule has 0 radical (unpaired) electrons. The number of hydrogen-bond donors (Lipinski definition) is 2.